The average molecular weight is 396 g/mol. The summed E-state index contributed by atoms with van der Waals surface area (Å²) in [5, 5.41) is 2.18. The van der Waals surface area contributed by atoms with Gasteiger partial charge in [0, 0.05) is 13.0 Å². The molecule has 1 nitrogen and oxygen atoms in total. The monoisotopic (exact) mass is 395 g/mol. The molecule has 0 aliphatic rings. The maximum atomic E-state index is 8.83. The predicted molar refractivity (Wildman–Crippen MR) is 129 cm³/mol. The van der Waals surface area contributed by atoms with E-state index in [-0.39, 0.29) is 5.41 Å². The minimum atomic E-state index is 0.216. The largest absolute Gasteiger partial charge is 0.220 e. The molecule has 0 saturated carbocycles. The molecule has 0 aliphatic carbocycles. The van der Waals surface area contributed by atoms with Crippen molar-refractivity contribution in [2.24, 2.45) is 12.5 Å². The number of benzene rings is 3. The molecule has 0 unspecified atom stereocenters. The lowest BCUT2D eigenvalue weighted by molar-refractivity contribution is -0.665. The van der Waals surface area contributed by atoms with E-state index in [1.807, 2.05) is 0 Å². The number of aromatic nitrogens is 1. The number of hydrogen-bond donors (Lipinski definition) is 0. The van der Waals surface area contributed by atoms with Crippen molar-refractivity contribution >= 4 is 10.8 Å². The van der Waals surface area contributed by atoms with Crippen molar-refractivity contribution < 1.29 is 5.94 Å². The molecule has 0 N–H and O–H groups in total. The molecule has 3 aromatic carbocycles. The molecular weight excluding hydrogens is 362 g/mol. The Morgan fingerprint density at radius 3 is 2.30 bits per heavy atom. The van der Waals surface area contributed by atoms with Crippen LogP contribution in [0.4, 0.5) is 0 Å². The van der Waals surface area contributed by atoms with Gasteiger partial charge in [-0.25, -0.2) is 0 Å². The second-order valence-corrected chi connectivity index (χ2v) is 9.63. The van der Waals surface area contributed by atoms with Gasteiger partial charge < -0.3 is 0 Å². The fourth-order valence-electron chi connectivity index (χ4n) is 4.26. The van der Waals surface area contributed by atoms with E-state index in [2.05, 4.69) is 113 Å². The summed E-state index contributed by atoms with van der Waals surface area (Å²) in [6.45, 7) is 11.0. The minimum Gasteiger partial charge on any atom is -0.198 e. The molecule has 0 fully saturated rings. The molecule has 1 heterocycles. The number of nitrogens with zero attached hydrogens (tertiary/aromatic N) is 1. The Kier molecular flexibility index (Phi) is 4.90. The summed E-state index contributed by atoms with van der Waals surface area (Å²) < 4.78 is 11.0. The Labute approximate surface area is 182 Å². The summed E-state index contributed by atoms with van der Waals surface area (Å²) in [6, 6.07) is 24.5. The summed E-state index contributed by atoms with van der Waals surface area (Å²) in [4.78, 5) is 0. The Morgan fingerprint density at radius 1 is 0.867 bits per heavy atom. The van der Waals surface area contributed by atoms with Crippen molar-refractivity contribution in [3.8, 4) is 22.4 Å². The molecule has 0 atom stereocenters. The van der Waals surface area contributed by atoms with Crippen molar-refractivity contribution in [2.75, 3.05) is 0 Å². The summed E-state index contributed by atoms with van der Waals surface area (Å²) >= 11 is 0. The molecule has 0 saturated heterocycles. The van der Waals surface area contributed by atoms with Gasteiger partial charge in [-0.05, 0) is 58.5 Å². The molecule has 4 aromatic rings. The molecule has 0 aliphatic heterocycles. The highest BCUT2D eigenvalue weighted by Crippen LogP contribution is 2.33. The zero-order chi connectivity index (χ0) is 22.3. The quantitative estimate of drug-likeness (QED) is 0.323. The number of aryl methyl sites for hydroxylation is 1. The van der Waals surface area contributed by atoms with Crippen LogP contribution in [0.3, 0.4) is 0 Å². The Bertz CT molecular complexity index is 1260. The summed E-state index contributed by atoms with van der Waals surface area (Å²) in [6.07, 6.45) is 1.00. The van der Waals surface area contributed by atoms with E-state index in [1.165, 1.54) is 33.5 Å². The summed E-state index contributed by atoms with van der Waals surface area (Å²) in [7, 11) is 2.08. The lowest BCUT2D eigenvalue weighted by atomic mass is 9.87. The lowest BCUT2D eigenvalue weighted by Gasteiger charge is -2.19. The lowest BCUT2D eigenvalue weighted by Crippen LogP contribution is -2.35. The van der Waals surface area contributed by atoms with Gasteiger partial charge in [0.15, 0.2) is 5.69 Å². The van der Waals surface area contributed by atoms with Crippen molar-refractivity contribution in [1.29, 1.82) is 0 Å². The molecule has 1 aromatic heterocycles. The van der Waals surface area contributed by atoms with E-state index in [4.69, 9.17) is 1.37 Å². The predicted octanol–water partition coefficient (Wildman–Crippen LogP) is 7.20. The zero-order valence-corrected chi connectivity index (χ0v) is 19.0. The van der Waals surface area contributed by atoms with Crippen LogP contribution in [0.15, 0.2) is 72.8 Å². The molecule has 0 bridgehead atoms. The smallest absolute Gasteiger partial charge is 0.198 e. The van der Waals surface area contributed by atoms with Crippen LogP contribution >= 0.6 is 0 Å². The third-order valence-corrected chi connectivity index (χ3v) is 5.83. The van der Waals surface area contributed by atoms with Gasteiger partial charge in [-0.2, -0.15) is 4.57 Å². The van der Waals surface area contributed by atoms with Crippen LogP contribution in [0.1, 0.15) is 39.0 Å². The van der Waals surface area contributed by atoms with E-state index in [0.717, 1.165) is 22.9 Å². The van der Waals surface area contributed by atoms with Crippen LogP contribution in [-0.4, -0.2) is 0 Å². The van der Waals surface area contributed by atoms with Crippen LogP contribution in [0.25, 0.3) is 33.2 Å². The van der Waals surface area contributed by atoms with Gasteiger partial charge in [-0.3, -0.25) is 0 Å². The van der Waals surface area contributed by atoms with Crippen molar-refractivity contribution in [3.05, 3.63) is 89.6 Å². The standard InChI is InChI=1S/C29H32N/c1-20-12-14-24(23-10-8-7-9-11-23)18-27(20)28-26-15-13-22(19-29(3,4)5)17-25(26)16-21(2)30(28)6/h7-18H,19H2,1-6H3/q+1/i16D. The maximum absolute atomic E-state index is 8.83. The first kappa shape index (κ1) is 19.1. The second-order valence-electron chi connectivity index (χ2n) is 9.63. The van der Waals surface area contributed by atoms with E-state index in [0.29, 0.717) is 6.04 Å². The highest BCUT2D eigenvalue weighted by atomic mass is 14.9. The number of hydrogen-bond acceptors (Lipinski definition) is 0. The van der Waals surface area contributed by atoms with Crippen LogP contribution < -0.4 is 4.57 Å². The first-order valence-corrected chi connectivity index (χ1v) is 10.7. The first-order valence-electron chi connectivity index (χ1n) is 11.2. The molecule has 4 rings (SSSR count). The molecule has 152 valence electrons. The van der Waals surface area contributed by atoms with Gasteiger partial charge in [0.25, 0.3) is 0 Å². The van der Waals surface area contributed by atoms with Crippen LogP contribution in [0, 0.1) is 19.3 Å². The third-order valence-electron chi connectivity index (χ3n) is 5.83. The Balaban J connectivity index is 1.98. The molecule has 1 heteroatoms. The van der Waals surface area contributed by atoms with Gasteiger partial charge in [0.2, 0.25) is 5.69 Å². The summed E-state index contributed by atoms with van der Waals surface area (Å²) in [5.41, 5.74) is 8.58. The number of pyridine rings is 1. The van der Waals surface area contributed by atoms with E-state index < -0.39 is 0 Å². The van der Waals surface area contributed by atoms with E-state index >= 15 is 0 Å². The third kappa shape index (κ3) is 4.03. The number of fused-ring (bicyclic) bond motifs is 1. The van der Waals surface area contributed by atoms with Gasteiger partial charge in [-0.15, -0.1) is 0 Å². The number of rotatable bonds is 3. The van der Waals surface area contributed by atoms with Crippen LogP contribution in [0.5, 0.6) is 0 Å². The van der Waals surface area contributed by atoms with Crippen molar-refractivity contribution in [3.63, 3.8) is 0 Å². The zero-order valence-electron chi connectivity index (χ0n) is 20.0. The van der Waals surface area contributed by atoms with Gasteiger partial charge in [-0.1, -0.05) is 75.4 Å². The minimum absolute atomic E-state index is 0.216. The van der Waals surface area contributed by atoms with Gasteiger partial charge in [0.05, 0.1) is 12.3 Å². The highest BCUT2D eigenvalue weighted by Gasteiger charge is 2.21. The topological polar surface area (TPSA) is 3.88 Å². The van der Waals surface area contributed by atoms with E-state index in [1.54, 1.807) is 0 Å². The van der Waals surface area contributed by atoms with E-state index in [9.17, 15) is 0 Å². The molecule has 30 heavy (non-hydrogen) atoms. The summed E-state index contributed by atoms with van der Waals surface area (Å²) in [5.74, 6) is 0. The highest BCUT2D eigenvalue weighted by molar-refractivity contribution is 5.95. The van der Waals surface area contributed by atoms with Gasteiger partial charge in [0.1, 0.15) is 7.05 Å². The van der Waals surface area contributed by atoms with Crippen LogP contribution in [0.2, 0.25) is 0 Å². The first-order chi connectivity index (χ1) is 14.7. The molecule has 0 radical (unpaired) electrons. The fraction of sp³-hybridized carbons (Fsp3) is 0.276. The molecular formula is C29H32N+. The Hall–Kier alpha value is -2.93. The Morgan fingerprint density at radius 2 is 1.60 bits per heavy atom. The van der Waals surface area contributed by atoms with Crippen molar-refractivity contribution in [2.45, 2.75) is 41.0 Å². The normalized spacial score (nSPS) is 12.3. The SMILES string of the molecule is [2H]c1c(C)[n+](C)c(-c2cc(-c3ccccc3)ccc2C)c2ccc(CC(C)(C)C)cc12. The fourth-order valence-corrected chi connectivity index (χ4v) is 4.26. The van der Waals surface area contributed by atoms with Gasteiger partial charge >= 0.3 is 0 Å². The van der Waals surface area contributed by atoms with Crippen molar-refractivity contribution in [1.82, 2.24) is 0 Å². The van der Waals surface area contributed by atoms with Crippen LogP contribution in [-0.2, 0) is 13.5 Å². The second kappa shape index (κ2) is 7.72. The molecule has 0 spiro atoms. The maximum Gasteiger partial charge on any atom is 0.220 e. The molecule has 0 amide bonds. The average Bonchev–Trinajstić information content (AvgIpc) is 2.73.